The average Bonchev–Trinajstić information content (AvgIpc) is 3.15. The van der Waals surface area contributed by atoms with Crippen LogP contribution in [-0.2, 0) is 13.0 Å². The van der Waals surface area contributed by atoms with E-state index in [0.717, 1.165) is 25.1 Å². The lowest BCUT2D eigenvalue weighted by Crippen LogP contribution is -2.29. The molecule has 0 atom stereocenters. The predicted octanol–water partition coefficient (Wildman–Crippen LogP) is 4.01. The van der Waals surface area contributed by atoms with Crippen molar-refractivity contribution in [1.82, 2.24) is 10.1 Å². The molecule has 1 aliphatic heterocycles. The lowest BCUT2D eigenvalue weighted by atomic mass is 10.1. The van der Waals surface area contributed by atoms with Gasteiger partial charge in [0.25, 0.3) is 0 Å². The summed E-state index contributed by atoms with van der Waals surface area (Å²) in [6.07, 6.45) is 1.03. The molecule has 0 aliphatic carbocycles. The molecule has 4 rings (SSSR count). The van der Waals surface area contributed by atoms with Gasteiger partial charge in [-0.1, -0.05) is 28.9 Å². The van der Waals surface area contributed by atoms with E-state index in [0.29, 0.717) is 16.9 Å². The molecule has 0 spiro atoms. The molecule has 0 amide bonds. The Balaban J connectivity index is 1.61. The first-order valence-electron chi connectivity index (χ1n) is 6.69. The second-order valence-corrected chi connectivity index (χ2v) is 6.39. The first kappa shape index (κ1) is 12.9. The molecular weight excluding hydrogens is 306 g/mol. The quantitative estimate of drug-likeness (QED) is 0.716. The summed E-state index contributed by atoms with van der Waals surface area (Å²) in [4.78, 5) is 8.08. The third-order valence-corrected chi connectivity index (χ3v) is 4.83. The molecule has 6 heteroatoms. The standard InChI is InChI=1S/C15H12ClN3OS/c16-12-3-1-2-10(8-12)14-17-15(20-18-14)19-6-4-13-11(9-19)5-7-21-13/h1-3,5,7-8H,4,6,9H2. The molecule has 0 N–H and O–H groups in total. The Morgan fingerprint density at radius 2 is 2.24 bits per heavy atom. The number of thiophene rings is 1. The zero-order valence-corrected chi connectivity index (χ0v) is 12.7. The molecule has 0 radical (unpaired) electrons. The first-order chi connectivity index (χ1) is 10.3. The summed E-state index contributed by atoms with van der Waals surface area (Å²) >= 11 is 7.82. The molecule has 21 heavy (non-hydrogen) atoms. The number of nitrogens with zero attached hydrogens (tertiary/aromatic N) is 3. The Kier molecular flexibility index (Phi) is 3.16. The van der Waals surface area contributed by atoms with Gasteiger partial charge < -0.3 is 9.42 Å². The zero-order valence-electron chi connectivity index (χ0n) is 11.1. The molecule has 3 heterocycles. The maximum atomic E-state index is 6.00. The smallest absolute Gasteiger partial charge is 0.320 e. The number of fused-ring (bicyclic) bond motifs is 1. The van der Waals surface area contributed by atoms with Gasteiger partial charge in [0.15, 0.2) is 0 Å². The first-order valence-corrected chi connectivity index (χ1v) is 7.95. The number of hydrogen-bond donors (Lipinski definition) is 0. The predicted molar refractivity (Wildman–Crippen MR) is 83.8 cm³/mol. The Labute approximate surface area is 131 Å². The van der Waals surface area contributed by atoms with Crippen LogP contribution in [0.15, 0.2) is 40.2 Å². The van der Waals surface area contributed by atoms with Crippen molar-refractivity contribution < 1.29 is 4.52 Å². The van der Waals surface area contributed by atoms with Crippen LogP contribution < -0.4 is 4.90 Å². The molecule has 106 valence electrons. The van der Waals surface area contributed by atoms with Crippen LogP contribution in [0.1, 0.15) is 10.4 Å². The van der Waals surface area contributed by atoms with E-state index < -0.39 is 0 Å². The molecule has 0 saturated carbocycles. The highest BCUT2D eigenvalue weighted by Gasteiger charge is 2.22. The van der Waals surface area contributed by atoms with Gasteiger partial charge >= 0.3 is 6.01 Å². The second-order valence-electron chi connectivity index (χ2n) is 4.95. The van der Waals surface area contributed by atoms with E-state index in [4.69, 9.17) is 16.1 Å². The summed E-state index contributed by atoms with van der Waals surface area (Å²) in [7, 11) is 0. The minimum atomic E-state index is 0.571. The molecule has 0 bridgehead atoms. The maximum absolute atomic E-state index is 6.00. The highest BCUT2D eigenvalue weighted by atomic mass is 35.5. The van der Waals surface area contributed by atoms with Crippen LogP contribution in [0.4, 0.5) is 6.01 Å². The second kappa shape index (κ2) is 5.16. The Morgan fingerprint density at radius 3 is 3.14 bits per heavy atom. The molecule has 4 nitrogen and oxygen atoms in total. The van der Waals surface area contributed by atoms with E-state index in [1.807, 2.05) is 35.6 Å². The average molecular weight is 318 g/mol. The van der Waals surface area contributed by atoms with E-state index in [1.54, 1.807) is 0 Å². The third-order valence-electron chi connectivity index (χ3n) is 3.58. The van der Waals surface area contributed by atoms with Crippen LogP contribution in [0.5, 0.6) is 0 Å². The van der Waals surface area contributed by atoms with Crippen molar-refractivity contribution >= 4 is 29.0 Å². The van der Waals surface area contributed by atoms with Gasteiger partial charge in [-0.2, -0.15) is 4.98 Å². The van der Waals surface area contributed by atoms with Crippen LogP contribution in [-0.4, -0.2) is 16.7 Å². The van der Waals surface area contributed by atoms with Gasteiger partial charge in [-0.25, -0.2) is 0 Å². The monoisotopic (exact) mass is 317 g/mol. The number of halogens is 1. The van der Waals surface area contributed by atoms with Crippen LogP contribution in [0.3, 0.4) is 0 Å². The number of aromatic nitrogens is 2. The Bertz CT molecular complexity index is 783. The number of anilines is 1. The van der Waals surface area contributed by atoms with E-state index in [9.17, 15) is 0 Å². The fourth-order valence-electron chi connectivity index (χ4n) is 2.50. The molecule has 2 aromatic heterocycles. The van der Waals surface area contributed by atoms with Crippen LogP contribution in [0.25, 0.3) is 11.4 Å². The van der Waals surface area contributed by atoms with E-state index in [2.05, 4.69) is 26.5 Å². The molecule has 0 unspecified atom stereocenters. The van der Waals surface area contributed by atoms with Gasteiger partial charge in [0, 0.05) is 28.6 Å². The summed E-state index contributed by atoms with van der Waals surface area (Å²) in [5, 5.41) is 6.87. The summed E-state index contributed by atoms with van der Waals surface area (Å²) < 4.78 is 5.42. The topological polar surface area (TPSA) is 42.2 Å². The van der Waals surface area contributed by atoms with E-state index >= 15 is 0 Å². The maximum Gasteiger partial charge on any atom is 0.324 e. The lowest BCUT2D eigenvalue weighted by Gasteiger charge is -2.24. The van der Waals surface area contributed by atoms with Gasteiger partial charge in [0.1, 0.15) is 0 Å². The zero-order chi connectivity index (χ0) is 14.2. The summed E-state index contributed by atoms with van der Waals surface area (Å²) in [6.45, 7) is 1.74. The highest BCUT2D eigenvalue weighted by Crippen LogP contribution is 2.28. The Morgan fingerprint density at radius 1 is 1.29 bits per heavy atom. The Hall–Kier alpha value is -1.85. The van der Waals surface area contributed by atoms with Crippen molar-refractivity contribution in [3.63, 3.8) is 0 Å². The summed E-state index contributed by atoms with van der Waals surface area (Å²) in [5.74, 6) is 0.573. The van der Waals surface area contributed by atoms with Gasteiger partial charge in [-0.3, -0.25) is 0 Å². The van der Waals surface area contributed by atoms with E-state index in [-0.39, 0.29) is 0 Å². The van der Waals surface area contributed by atoms with Gasteiger partial charge in [0.05, 0.1) is 0 Å². The SMILES string of the molecule is Clc1cccc(-c2noc(N3CCc4sccc4C3)n2)c1. The molecule has 0 saturated heterocycles. The van der Waals surface area contributed by atoms with Crippen molar-refractivity contribution in [3.05, 3.63) is 51.2 Å². The number of benzene rings is 1. The normalized spacial score (nSPS) is 14.2. The molecule has 1 aliphatic rings. The van der Waals surface area contributed by atoms with Crippen LogP contribution >= 0.6 is 22.9 Å². The highest BCUT2D eigenvalue weighted by molar-refractivity contribution is 7.10. The van der Waals surface area contributed by atoms with Crippen molar-refractivity contribution in [3.8, 4) is 11.4 Å². The molecular formula is C15H12ClN3OS. The van der Waals surface area contributed by atoms with Gasteiger partial charge in [-0.15, -0.1) is 11.3 Å². The van der Waals surface area contributed by atoms with Crippen molar-refractivity contribution in [2.24, 2.45) is 0 Å². The fraction of sp³-hybridized carbons (Fsp3) is 0.200. The number of hydrogen-bond acceptors (Lipinski definition) is 5. The third kappa shape index (κ3) is 2.43. The van der Waals surface area contributed by atoms with E-state index in [1.165, 1.54) is 10.4 Å². The number of rotatable bonds is 2. The molecule has 3 aromatic rings. The fourth-order valence-corrected chi connectivity index (χ4v) is 3.58. The summed E-state index contributed by atoms with van der Waals surface area (Å²) in [6, 6.07) is 10.2. The van der Waals surface area contributed by atoms with Gasteiger partial charge in [-0.05, 0) is 35.6 Å². The summed E-state index contributed by atoms with van der Waals surface area (Å²) in [5.41, 5.74) is 2.22. The minimum absolute atomic E-state index is 0.571. The van der Waals surface area contributed by atoms with Crippen molar-refractivity contribution in [2.75, 3.05) is 11.4 Å². The minimum Gasteiger partial charge on any atom is -0.320 e. The largest absolute Gasteiger partial charge is 0.324 e. The van der Waals surface area contributed by atoms with Crippen molar-refractivity contribution in [1.29, 1.82) is 0 Å². The molecule has 0 fully saturated rings. The van der Waals surface area contributed by atoms with Crippen LogP contribution in [0, 0.1) is 0 Å². The van der Waals surface area contributed by atoms with Gasteiger partial charge in [0.2, 0.25) is 5.82 Å². The van der Waals surface area contributed by atoms with Crippen LogP contribution in [0.2, 0.25) is 5.02 Å². The molecule has 1 aromatic carbocycles. The lowest BCUT2D eigenvalue weighted by molar-refractivity contribution is 0.411. The van der Waals surface area contributed by atoms with Crippen molar-refractivity contribution in [2.45, 2.75) is 13.0 Å².